The molecule has 0 saturated carbocycles. The number of amides is 1. The molecule has 198 valence electrons. The summed E-state index contributed by atoms with van der Waals surface area (Å²) in [4.78, 5) is 24.5. The summed E-state index contributed by atoms with van der Waals surface area (Å²) in [5, 5.41) is 6.11. The van der Waals surface area contributed by atoms with Gasteiger partial charge in [-0.25, -0.2) is 4.79 Å². The number of carbonyl (C=O) groups excluding carboxylic acids is 2. The third-order valence-corrected chi connectivity index (χ3v) is 5.33. The van der Waals surface area contributed by atoms with Gasteiger partial charge in [-0.3, -0.25) is 4.79 Å². The zero-order valence-corrected chi connectivity index (χ0v) is 22.3. The Morgan fingerprint density at radius 3 is 2.39 bits per heavy atom. The van der Waals surface area contributed by atoms with Crippen LogP contribution in [0.4, 0.5) is 4.79 Å². The summed E-state index contributed by atoms with van der Waals surface area (Å²) in [7, 11) is 0. The molecule has 0 aliphatic rings. The van der Waals surface area contributed by atoms with E-state index in [1.165, 1.54) is 0 Å². The van der Waals surface area contributed by atoms with Gasteiger partial charge in [0, 0.05) is 13.1 Å². The molecule has 0 heterocycles. The predicted octanol–water partition coefficient (Wildman–Crippen LogP) is 5.41. The van der Waals surface area contributed by atoms with Crippen LogP contribution in [0.25, 0.3) is 0 Å². The third kappa shape index (κ3) is 11.6. The Balaban J connectivity index is 1.77. The lowest BCUT2D eigenvalue weighted by Gasteiger charge is -2.26. The predicted molar refractivity (Wildman–Crippen MR) is 142 cm³/mol. The number of hydrogen-bond donors (Lipinski definition) is 2. The van der Waals surface area contributed by atoms with Gasteiger partial charge in [0.05, 0.1) is 0 Å². The van der Waals surface area contributed by atoms with Crippen molar-refractivity contribution in [2.75, 3.05) is 13.1 Å². The summed E-state index contributed by atoms with van der Waals surface area (Å²) in [6.07, 6.45) is 2.53. The molecule has 36 heavy (non-hydrogen) atoms. The number of esters is 1. The van der Waals surface area contributed by atoms with E-state index in [0.717, 1.165) is 36.1 Å². The Labute approximate surface area is 215 Å². The highest BCUT2D eigenvalue weighted by atomic mass is 16.6. The first-order valence-corrected chi connectivity index (χ1v) is 12.8. The monoisotopic (exact) mass is 498 g/mol. The minimum atomic E-state index is -0.515. The average Bonchev–Trinajstić information content (AvgIpc) is 2.83. The quantitative estimate of drug-likeness (QED) is 0.267. The van der Waals surface area contributed by atoms with Crippen LogP contribution in [-0.4, -0.2) is 42.9 Å². The number of nitrogens with one attached hydrogen (secondary N) is 2. The largest absolute Gasteiger partial charge is 0.489 e. The molecule has 0 fully saturated rings. The zero-order valence-electron chi connectivity index (χ0n) is 22.3. The van der Waals surface area contributed by atoms with Crippen molar-refractivity contribution in [1.82, 2.24) is 10.6 Å². The van der Waals surface area contributed by atoms with Crippen molar-refractivity contribution in [2.45, 2.75) is 84.7 Å². The SMILES string of the molecule is CCC[C@H](NC[C@@H](C)Oc1ccccc1CCCNC(=O)OCc1ccccc1)C(=O)OC(C)(C)C. The van der Waals surface area contributed by atoms with Crippen LogP contribution in [0.2, 0.25) is 0 Å². The van der Waals surface area contributed by atoms with E-state index in [9.17, 15) is 9.59 Å². The topological polar surface area (TPSA) is 85.9 Å². The minimum Gasteiger partial charge on any atom is -0.489 e. The third-order valence-electron chi connectivity index (χ3n) is 5.33. The summed E-state index contributed by atoms with van der Waals surface area (Å²) < 4.78 is 17.0. The summed E-state index contributed by atoms with van der Waals surface area (Å²) >= 11 is 0. The van der Waals surface area contributed by atoms with Crippen LogP contribution in [0.15, 0.2) is 54.6 Å². The lowest BCUT2D eigenvalue weighted by molar-refractivity contribution is -0.157. The van der Waals surface area contributed by atoms with Crippen LogP contribution in [0.1, 0.15) is 65.0 Å². The van der Waals surface area contributed by atoms with Gasteiger partial charge < -0.3 is 24.8 Å². The van der Waals surface area contributed by atoms with Crippen LogP contribution in [-0.2, 0) is 27.3 Å². The highest BCUT2D eigenvalue weighted by molar-refractivity contribution is 5.76. The van der Waals surface area contributed by atoms with E-state index in [-0.39, 0.29) is 24.7 Å². The Morgan fingerprint density at radius 2 is 1.69 bits per heavy atom. The molecule has 0 bridgehead atoms. The number of carbonyl (C=O) groups is 2. The smallest absolute Gasteiger partial charge is 0.407 e. The van der Waals surface area contributed by atoms with Crippen molar-refractivity contribution in [3.63, 3.8) is 0 Å². The number of ether oxygens (including phenoxy) is 3. The normalized spacial score (nSPS) is 12.9. The maximum absolute atomic E-state index is 12.5. The molecule has 7 heteroatoms. The number of hydrogen-bond acceptors (Lipinski definition) is 6. The number of aryl methyl sites for hydroxylation is 1. The van der Waals surface area contributed by atoms with Crippen LogP contribution in [0.5, 0.6) is 5.75 Å². The fourth-order valence-electron chi connectivity index (χ4n) is 3.60. The van der Waals surface area contributed by atoms with Gasteiger partial charge in [0.15, 0.2) is 0 Å². The van der Waals surface area contributed by atoms with Gasteiger partial charge in [0.25, 0.3) is 0 Å². The van der Waals surface area contributed by atoms with Gasteiger partial charge in [-0.1, -0.05) is 61.9 Å². The first-order chi connectivity index (χ1) is 17.2. The van der Waals surface area contributed by atoms with E-state index in [0.29, 0.717) is 19.5 Å². The maximum atomic E-state index is 12.5. The van der Waals surface area contributed by atoms with Crippen molar-refractivity contribution < 1.29 is 23.8 Å². The molecule has 0 aliphatic carbocycles. The van der Waals surface area contributed by atoms with Gasteiger partial charge in [0.2, 0.25) is 0 Å². The van der Waals surface area contributed by atoms with Crippen molar-refractivity contribution in [2.24, 2.45) is 0 Å². The van der Waals surface area contributed by atoms with E-state index >= 15 is 0 Å². The van der Waals surface area contributed by atoms with Gasteiger partial charge in [-0.2, -0.15) is 0 Å². The van der Waals surface area contributed by atoms with Gasteiger partial charge in [-0.15, -0.1) is 0 Å². The molecular formula is C29H42N2O5. The molecule has 0 spiro atoms. The van der Waals surface area contributed by atoms with Gasteiger partial charge in [-0.05, 0) is 64.2 Å². The Kier molecular flexibility index (Phi) is 12.3. The second-order valence-electron chi connectivity index (χ2n) is 9.91. The van der Waals surface area contributed by atoms with Crippen molar-refractivity contribution in [1.29, 1.82) is 0 Å². The molecule has 2 atom stereocenters. The van der Waals surface area contributed by atoms with E-state index in [2.05, 4.69) is 10.6 Å². The highest BCUT2D eigenvalue weighted by Gasteiger charge is 2.24. The second kappa shape index (κ2) is 15.1. The number of benzene rings is 2. The number of para-hydroxylation sites is 1. The standard InChI is InChI=1S/C29H42N2O5/c1-6-13-25(27(32)36-29(3,4)5)31-20-22(2)35-26-18-11-10-16-24(26)17-12-19-30-28(33)34-21-23-14-8-7-9-15-23/h7-11,14-16,18,22,25,31H,6,12-13,17,19-21H2,1-5H3,(H,30,33)/t22-,25+/m1/s1. The Morgan fingerprint density at radius 1 is 1.00 bits per heavy atom. The van der Waals surface area contributed by atoms with Crippen LogP contribution in [0.3, 0.4) is 0 Å². The average molecular weight is 499 g/mol. The molecule has 0 aromatic heterocycles. The fourth-order valence-corrected chi connectivity index (χ4v) is 3.60. The Bertz CT molecular complexity index is 927. The highest BCUT2D eigenvalue weighted by Crippen LogP contribution is 2.21. The molecule has 0 aliphatic heterocycles. The first-order valence-electron chi connectivity index (χ1n) is 12.8. The van der Waals surface area contributed by atoms with Gasteiger partial charge in [0.1, 0.15) is 30.1 Å². The Hall–Kier alpha value is -3.06. The first kappa shape index (κ1) is 29.2. The lowest BCUT2D eigenvalue weighted by atomic mass is 10.1. The van der Waals surface area contributed by atoms with Crippen LogP contribution >= 0.6 is 0 Å². The van der Waals surface area contributed by atoms with E-state index < -0.39 is 11.7 Å². The summed E-state index contributed by atoms with van der Waals surface area (Å²) in [6.45, 7) is 10.9. The molecule has 1 amide bonds. The molecule has 0 unspecified atom stereocenters. The zero-order chi connectivity index (χ0) is 26.4. The molecule has 0 saturated heterocycles. The summed E-state index contributed by atoms with van der Waals surface area (Å²) in [6, 6.07) is 17.1. The molecule has 2 aromatic carbocycles. The summed E-state index contributed by atoms with van der Waals surface area (Å²) in [5.41, 5.74) is 1.51. The molecule has 7 nitrogen and oxygen atoms in total. The maximum Gasteiger partial charge on any atom is 0.407 e. The lowest BCUT2D eigenvalue weighted by Crippen LogP contribution is -2.44. The minimum absolute atomic E-state index is 0.140. The number of rotatable bonds is 14. The van der Waals surface area contributed by atoms with E-state index in [1.54, 1.807) is 0 Å². The van der Waals surface area contributed by atoms with Crippen LogP contribution in [0, 0.1) is 0 Å². The van der Waals surface area contributed by atoms with Crippen molar-refractivity contribution in [3.05, 3.63) is 65.7 Å². The second-order valence-corrected chi connectivity index (χ2v) is 9.91. The van der Waals surface area contributed by atoms with E-state index in [4.69, 9.17) is 14.2 Å². The molecule has 0 radical (unpaired) electrons. The summed E-state index contributed by atoms with van der Waals surface area (Å²) in [5.74, 6) is 0.578. The fraction of sp³-hybridized carbons (Fsp3) is 0.517. The van der Waals surface area contributed by atoms with Crippen LogP contribution < -0.4 is 15.4 Å². The van der Waals surface area contributed by atoms with Gasteiger partial charge >= 0.3 is 12.1 Å². The van der Waals surface area contributed by atoms with Crippen molar-refractivity contribution in [3.8, 4) is 5.75 Å². The van der Waals surface area contributed by atoms with Crippen molar-refractivity contribution >= 4 is 12.1 Å². The molecule has 2 N–H and O–H groups in total. The number of alkyl carbamates (subject to hydrolysis) is 1. The molecule has 2 rings (SSSR count). The van der Waals surface area contributed by atoms with E-state index in [1.807, 2.05) is 89.2 Å². The molecule has 2 aromatic rings. The molecular weight excluding hydrogens is 456 g/mol.